The van der Waals surface area contributed by atoms with Crippen LogP contribution in [0.1, 0.15) is 20.3 Å². The number of hydrogen-bond donors (Lipinski definition) is 2. The molecular weight excluding hydrogens is 238 g/mol. The van der Waals surface area contributed by atoms with E-state index in [0.717, 1.165) is 0 Å². The highest BCUT2D eigenvalue weighted by Gasteiger charge is 2.14. The summed E-state index contributed by atoms with van der Waals surface area (Å²) in [4.78, 5) is 11.3. The molecule has 17 heavy (non-hydrogen) atoms. The van der Waals surface area contributed by atoms with Crippen LogP contribution in [0.15, 0.2) is 11.6 Å². The molecule has 0 aromatic rings. The summed E-state index contributed by atoms with van der Waals surface area (Å²) in [6, 6.07) is 0.196. The summed E-state index contributed by atoms with van der Waals surface area (Å²) < 4.78 is 4.67. The van der Waals surface area contributed by atoms with E-state index in [1.54, 1.807) is 11.8 Å². The predicted octanol–water partition coefficient (Wildman–Crippen LogP) is 1.20. The summed E-state index contributed by atoms with van der Waals surface area (Å²) in [5.74, 6) is -0.273. The molecule has 0 aliphatic carbocycles. The van der Waals surface area contributed by atoms with Crippen LogP contribution in [0.2, 0.25) is 0 Å². The van der Waals surface area contributed by atoms with Crippen LogP contribution in [0.5, 0.6) is 0 Å². The molecule has 0 aromatic heterocycles. The van der Waals surface area contributed by atoms with Crippen molar-refractivity contribution in [1.82, 2.24) is 5.32 Å². The first-order valence-corrected chi connectivity index (χ1v) is 7.03. The molecular formula is C12H23NO3S. The standard InChI is InChI=1S/C12H23NO3S/c1-5-10(12(15)16-3)6-7-13-9(2)11(8-14)17-4/h6,9,11,13-14H,5,7-8H2,1-4H3. The lowest BCUT2D eigenvalue weighted by Crippen LogP contribution is -2.37. The number of aliphatic hydroxyl groups is 1. The van der Waals surface area contributed by atoms with Gasteiger partial charge in [-0.3, -0.25) is 0 Å². The monoisotopic (exact) mass is 261 g/mol. The highest BCUT2D eigenvalue weighted by molar-refractivity contribution is 7.99. The van der Waals surface area contributed by atoms with Crippen molar-refractivity contribution in [1.29, 1.82) is 0 Å². The number of aliphatic hydroxyl groups excluding tert-OH is 1. The number of methoxy groups -OCH3 is 1. The van der Waals surface area contributed by atoms with E-state index in [1.165, 1.54) is 7.11 Å². The van der Waals surface area contributed by atoms with E-state index in [-0.39, 0.29) is 23.9 Å². The Morgan fingerprint density at radius 1 is 1.59 bits per heavy atom. The smallest absolute Gasteiger partial charge is 0.333 e. The second kappa shape index (κ2) is 9.50. The molecule has 2 atom stereocenters. The summed E-state index contributed by atoms with van der Waals surface area (Å²) in [5.41, 5.74) is 0.678. The Morgan fingerprint density at radius 2 is 2.24 bits per heavy atom. The summed E-state index contributed by atoms with van der Waals surface area (Å²) in [7, 11) is 1.39. The molecule has 0 spiro atoms. The minimum atomic E-state index is -0.273. The molecule has 0 aromatic carbocycles. The van der Waals surface area contributed by atoms with E-state index < -0.39 is 0 Å². The summed E-state index contributed by atoms with van der Waals surface area (Å²) >= 11 is 1.63. The zero-order valence-electron chi connectivity index (χ0n) is 11.0. The number of esters is 1. The number of rotatable bonds is 8. The summed E-state index contributed by atoms with van der Waals surface area (Å²) in [6.45, 7) is 4.70. The molecule has 0 bridgehead atoms. The Hall–Kier alpha value is -0.520. The first kappa shape index (κ1) is 16.5. The maximum Gasteiger partial charge on any atom is 0.333 e. The molecule has 0 heterocycles. The quantitative estimate of drug-likeness (QED) is 0.508. The van der Waals surface area contributed by atoms with Gasteiger partial charge >= 0.3 is 5.97 Å². The molecule has 0 saturated heterocycles. The lowest BCUT2D eigenvalue weighted by atomic mass is 10.2. The van der Waals surface area contributed by atoms with Gasteiger partial charge in [0.15, 0.2) is 0 Å². The summed E-state index contributed by atoms with van der Waals surface area (Å²) in [5, 5.41) is 12.6. The third-order valence-electron chi connectivity index (χ3n) is 2.66. The highest BCUT2D eigenvalue weighted by Crippen LogP contribution is 2.10. The second-order valence-corrected chi connectivity index (χ2v) is 4.81. The molecule has 0 amide bonds. The zero-order chi connectivity index (χ0) is 13.3. The van der Waals surface area contributed by atoms with Crippen molar-refractivity contribution in [3.8, 4) is 0 Å². The van der Waals surface area contributed by atoms with Crippen molar-refractivity contribution >= 4 is 17.7 Å². The van der Waals surface area contributed by atoms with Crippen LogP contribution in [-0.4, -0.2) is 48.9 Å². The van der Waals surface area contributed by atoms with Crippen molar-refractivity contribution in [2.45, 2.75) is 31.6 Å². The third kappa shape index (κ3) is 6.10. The third-order valence-corrected chi connectivity index (χ3v) is 3.82. The Balaban J connectivity index is 4.18. The lowest BCUT2D eigenvalue weighted by molar-refractivity contribution is -0.136. The van der Waals surface area contributed by atoms with Gasteiger partial charge in [-0.1, -0.05) is 13.0 Å². The number of carbonyl (C=O) groups excluding carboxylic acids is 1. The van der Waals surface area contributed by atoms with E-state index in [4.69, 9.17) is 5.11 Å². The Labute approximate surface area is 108 Å². The number of hydrogen-bond acceptors (Lipinski definition) is 5. The van der Waals surface area contributed by atoms with E-state index in [2.05, 4.69) is 10.1 Å². The van der Waals surface area contributed by atoms with Crippen molar-refractivity contribution in [2.24, 2.45) is 0 Å². The molecule has 0 saturated carbocycles. The fourth-order valence-electron chi connectivity index (χ4n) is 1.44. The van der Waals surface area contributed by atoms with Gasteiger partial charge in [0.05, 0.1) is 13.7 Å². The van der Waals surface area contributed by atoms with Crippen molar-refractivity contribution < 1.29 is 14.6 Å². The van der Waals surface area contributed by atoms with E-state index in [1.807, 2.05) is 26.2 Å². The highest BCUT2D eigenvalue weighted by atomic mass is 32.2. The molecule has 4 nitrogen and oxygen atoms in total. The van der Waals surface area contributed by atoms with Crippen molar-refractivity contribution in [3.05, 3.63) is 11.6 Å². The molecule has 0 fully saturated rings. The lowest BCUT2D eigenvalue weighted by Gasteiger charge is -2.20. The van der Waals surface area contributed by atoms with Gasteiger partial charge < -0.3 is 15.2 Å². The van der Waals surface area contributed by atoms with Crippen molar-refractivity contribution in [2.75, 3.05) is 26.5 Å². The number of nitrogens with one attached hydrogen (secondary N) is 1. The average molecular weight is 261 g/mol. The molecule has 0 aliphatic rings. The topological polar surface area (TPSA) is 58.6 Å². The second-order valence-electron chi connectivity index (χ2n) is 3.73. The molecule has 100 valence electrons. The van der Waals surface area contributed by atoms with Gasteiger partial charge in [-0.15, -0.1) is 0 Å². The van der Waals surface area contributed by atoms with Crippen LogP contribution in [0, 0.1) is 0 Å². The summed E-state index contributed by atoms with van der Waals surface area (Å²) in [6.07, 6.45) is 4.48. The molecule has 0 radical (unpaired) electrons. The normalized spacial score (nSPS) is 15.5. The fraction of sp³-hybridized carbons (Fsp3) is 0.750. The first-order valence-electron chi connectivity index (χ1n) is 5.75. The average Bonchev–Trinajstić information content (AvgIpc) is 2.35. The molecule has 5 heteroatoms. The largest absolute Gasteiger partial charge is 0.466 e. The Kier molecular flexibility index (Phi) is 9.21. The molecule has 0 aliphatic heterocycles. The van der Waals surface area contributed by atoms with Crippen LogP contribution in [0.3, 0.4) is 0 Å². The molecule has 2 unspecified atom stereocenters. The Bertz CT molecular complexity index is 252. The minimum Gasteiger partial charge on any atom is -0.466 e. The van der Waals surface area contributed by atoms with E-state index in [9.17, 15) is 4.79 Å². The van der Waals surface area contributed by atoms with Crippen LogP contribution in [0.4, 0.5) is 0 Å². The predicted molar refractivity (Wildman–Crippen MR) is 72.2 cm³/mol. The zero-order valence-corrected chi connectivity index (χ0v) is 11.8. The first-order chi connectivity index (χ1) is 8.10. The van der Waals surface area contributed by atoms with Gasteiger partial charge in [0.1, 0.15) is 0 Å². The number of thioether (sulfide) groups is 1. The van der Waals surface area contributed by atoms with Crippen LogP contribution >= 0.6 is 11.8 Å². The maximum absolute atomic E-state index is 11.3. The number of ether oxygens (including phenoxy) is 1. The molecule has 0 rings (SSSR count). The van der Waals surface area contributed by atoms with Gasteiger partial charge in [-0.25, -0.2) is 4.79 Å². The van der Waals surface area contributed by atoms with Crippen LogP contribution in [-0.2, 0) is 9.53 Å². The van der Waals surface area contributed by atoms with Crippen molar-refractivity contribution in [3.63, 3.8) is 0 Å². The Morgan fingerprint density at radius 3 is 2.65 bits per heavy atom. The fourth-order valence-corrected chi connectivity index (χ4v) is 2.09. The van der Waals surface area contributed by atoms with Gasteiger partial charge in [0, 0.05) is 23.4 Å². The molecule has 2 N–H and O–H groups in total. The maximum atomic E-state index is 11.3. The minimum absolute atomic E-state index is 0.149. The van der Waals surface area contributed by atoms with E-state index in [0.29, 0.717) is 18.5 Å². The van der Waals surface area contributed by atoms with Crippen LogP contribution in [0.25, 0.3) is 0 Å². The van der Waals surface area contributed by atoms with Gasteiger partial charge in [-0.05, 0) is 19.6 Å². The van der Waals surface area contributed by atoms with E-state index >= 15 is 0 Å². The van der Waals surface area contributed by atoms with Gasteiger partial charge in [-0.2, -0.15) is 11.8 Å². The SMILES string of the molecule is CCC(=CCNC(C)C(CO)SC)C(=O)OC. The van der Waals surface area contributed by atoms with Gasteiger partial charge in [0.2, 0.25) is 0 Å². The van der Waals surface area contributed by atoms with Gasteiger partial charge in [0.25, 0.3) is 0 Å². The van der Waals surface area contributed by atoms with Crippen LogP contribution < -0.4 is 5.32 Å². The number of carbonyl (C=O) groups is 1.